The van der Waals surface area contributed by atoms with E-state index in [1.807, 2.05) is 13.0 Å². The van der Waals surface area contributed by atoms with Crippen molar-refractivity contribution in [1.82, 2.24) is 35.0 Å². The molecule has 1 saturated carbocycles. The zero-order chi connectivity index (χ0) is 30.2. The predicted octanol–water partition coefficient (Wildman–Crippen LogP) is 3.97. The van der Waals surface area contributed by atoms with Crippen molar-refractivity contribution in [2.45, 2.75) is 70.1 Å². The Bertz CT molecular complexity index is 1510. The number of nitrogens with one attached hydrogen (secondary N) is 2. The fourth-order valence-corrected chi connectivity index (χ4v) is 5.76. The van der Waals surface area contributed by atoms with Crippen LogP contribution >= 0.6 is 0 Å². The third-order valence-electron chi connectivity index (χ3n) is 8.12. The topological polar surface area (TPSA) is 130 Å². The number of nitrogens with zero attached hydrogens (tertiary/aromatic N) is 6. The van der Waals surface area contributed by atoms with Crippen LogP contribution in [0.5, 0.6) is 0 Å². The van der Waals surface area contributed by atoms with E-state index in [9.17, 15) is 36.8 Å². The van der Waals surface area contributed by atoms with E-state index >= 15 is 0 Å². The number of carbonyl (C=O) groups is 2. The lowest BCUT2D eigenvalue weighted by Gasteiger charge is -2.33. The lowest BCUT2D eigenvalue weighted by molar-refractivity contribution is -0.183. The molecule has 10 nitrogen and oxygen atoms in total. The van der Waals surface area contributed by atoms with Crippen LogP contribution in [0, 0.1) is 29.1 Å². The predicted molar refractivity (Wildman–Crippen MR) is 137 cm³/mol. The Kier molecular flexibility index (Phi) is 7.91. The van der Waals surface area contributed by atoms with E-state index in [-0.39, 0.29) is 54.9 Å². The van der Waals surface area contributed by atoms with Crippen molar-refractivity contribution in [2.75, 3.05) is 6.54 Å². The largest absolute Gasteiger partial charge is 0.393 e. The minimum atomic E-state index is -4.47. The number of piperidine rings is 1. The van der Waals surface area contributed by atoms with Crippen molar-refractivity contribution in [1.29, 1.82) is 5.26 Å². The zero-order valence-electron chi connectivity index (χ0n) is 22.7. The van der Waals surface area contributed by atoms with Gasteiger partial charge in [0.15, 0.2) is 5.65 Å². The lowest BCUT2D eigenvalue weighted by Crippen LogP contribution is -2.47. The second-order valence-corrected chi connectivity index (χ2v) is 10.9. The Morgan fingerprint density at radius 2 is 2.05 bits per heavy atom. The molecule has 3 aromatic rings. The Hall–Kier alpha value is -4.09. The van der Waals surface area contributed by atoms with E-state index in [1.54, 1.807) is 6.07 Å². The van der Waals surface area contributed by atoms with E-state index < -0.39 is 54.8 Å². The van der Waals surface area contributed by atoms with Crippen molar-refractivity contribution in [3.63, 3.8) is 0 Å². The molecule has 224 valence electrons. The molecule has 15 heteroatoms. The summed E-state index contributed by atoms with van der Waals surface area (Å²) in [4.78, 5) is 30.2. The molecule has 4 heterocycles. The highest BCUT2D eigenvalue weighted by atomic mass is 19.4. The van der Waals surface area contributed by atoms with E-state index in [2.05, 4.69) is 25.8 Å². The summed E-state index contributed by atoms with van der Waals surface area (Å²) in [7, 11) is 0. The van der Waals surface area contributed by atoms with Crippen LogP contribution in [-0.4, -0.2) is 54.8 Å². The molecule has 5 rings (SSSR count). The summed E-state index contributed by atoms with van der Waals surface area (Å²) in [6.45, 7) is 1.76. The van der Waals surface area contributed by atoms with Gasteiger partial charge in [0.05, 0.1) is 35.1 Å². The molecule has 2 amide bonds. The van der Waals surface area contributed by atoms with Crippen molar-refractivity contribution >= 4 is 17.5 Å². The number of imidazole rings is 1. The number of rotatable bonds is 7. The molecule has 42 heavy (non-hydrogen) atoms. The first kappa shape index (κ1) is 29.4. The molecule has 0 spiro atoms. The van der Waals surface area contributed by atoms with Crippen LogP contribution < -0.4 is 10.6 Å². The number of carbonyl (C=O) groups excluding carboxylic acids is 2. The van der Waals surface area contributed by atoms with Gasteiger partial charge in [0.25, 0.3) is 5.91 Å². The van der Waals surface area contributed by atoms with E-state index in [0.29, 0.717) is 17.9 Å². The van der Waals surface area contributed by atoms with E-state index in [0.717, 1.165) is 0 Å². The minimum Gasteiger partial charge on any atom is -0.355 e. The zero-order valence-corrected chi connectivity index (χ0v) is 22.7. The third kappa shape index (κ3) is 6.07. The molecular formula is C27H29F5N8O2. The molecule has 1 aliphatic heterocycles. The molecule has 0 radical (unpaired) electrons. The highest BCUT2D eigenvalue weighted by Crippen LogP contribution is 2.41. The van der Waals surface area contributed by atoms with Gasteiger partial charge >= 0.3 is 6.18 Å². The number of hydrogen-bond acceptors (Lipinski definition) is 6. The summed E-state index contributed by atoms with van der Waals surface area (Å²) in [5.41, 5.74) is 1.03. The molecule has 2 fully saturated rings. The maximum Gasteiger partial charge on any atom is 0.393 e. The Balaban J connectivity index is 1.46. The maximum absolute atomic E-state index is 14.0. The smallest absolute Gasteiger partial charge is 0.355 e. The number of amides is 2. The van der Waals surface area contributed by atoms with Crippen LogP contribution in [-0.2, 0) is 17.8 Å². The number of hydrogen-bond donors (Lipinski definition) is 2. The van der Waals surface area contributed by atoms with E-state index in [4.69, 9.17) is 0 Å². The normalized spacial score (nSPS) is 22.0. The first-order valence-corrected chi connectivity index (χ1v) is 13.7. The summed E-state index contributed by atoms with van der Waals surface area (Å²) < 4.78 is 70.8. The molecule has 2 N–H and O–H groups in total. The lowest BCUT2D eigenvalue weighted by atomic mass is 9.81. The van der Waals surface area contributed by atoms with Gasteiger partial charge in [-0.25, -0.2) is 18.3 Å². The van der Waals surface area contributed by atoms with Gasteiger partial charge in [-0.15, -0.1) is 0 Å². The number of alkyl halides is 5. The molecule has 0 aromatic carbocycles. The van der Waals surface area contributed by atoms with E-state index in [1.165, 1.54) is 27.7 Å². The fraction of sp³-hybridized carbons (Fsp3) is 0.556. The van der Waals surface area contributed by atoms with Gasteiger partial charge in [0, 0.05) is 50.5 Å². The first-order chi connectivity index (χ1) is 19.9. The van der Waals surface area contributed by atoms with Gasteiger partial charge in [-0.2, -0.15) is 28.6 Å². The summed E-state index contributed by atoms with van der Waals surface area (Å²) in [6.07, 6.45) is -2.50. The number of aryl methyl sites for hydroxylation is 1. The first-order valence-electron chi connectivity index (χ1n) is 13.7. The second kappa shape index (κ2) is 11.3. The maximum atomic E-state index is 14.0. The summed E-state index contributed by atoms with van der Waals surface area (Å²) in [5, 5.41) is 23.5. The highest BCUT2D eigenvalue weighted by molar-refractivity contribution is 5.92. The fourth-order valence-electron chi connectivity index (χ4n) is 5.76. The molecule has 3 aromatic heterocycles. The quantitative estimate of drug-likeness (QED) is 0.400. The SMILES string of the molecule is CCn1nccc1C(=O)N[C@H](c1cn2nc(C[C@H]3C[C@@H](C(F)(F)F)CNC3=O)c(C#N)cc2n1)C1CCC(F)(F)CC1. The number of aromatic nitrogens is 5. The van der Waals surface area contributed by atoms with Crippen LogP contribution in [0.3, 0.4) is 0 Å². The standard InChI is InChI=1S/C27H29F5N8O2/c1-2-39-21(5-8-35-39)25(42)37-23(15-3-6-26(28,29)7-4-15)20-14-40-22(36-20)11-17(12-33)19(38-40)10-16-9-18(27(30,31)32)13-34-24(16)41/h5,8,11,14-16,18,23H,2-4,6-7,9-10,13H2,1H3,(H,34,41)(H,37,42)/t16-,18-,23+/m1/s1. The van der Waals surface area contributed by atoms with Crippen LogP contribution in [0.15, 0.2) is 24.5 Å². The second-order valence-electron chi connectivity index (χ2n) is 10.9. The van der Waals surface area contributed by atoms with Crippen molar-refractivity contribution in [2.24, 2.45) is 17.8 Å². The average Bonchev–Trinajstić information content (AvgIpc) is 3.58. The minimum absolute atomic E-state index is 0.0475. The average molecular weight is 593 g/mol. The summed E-state index contributed by atoms with van der Waals surface area (Å²) in [6, 6.07) is 4.17. The van der Waals surface area contributed by atoms with Gasteiger partial charge < -0.3 is 10.6 Å². The molecule has 1 saturated heterocycles. The van der Waals surface area contributed by atoms with Crippen molar-refractivity contribution < 1.29 is 31.5 Å². The van der Waals surface area contributed by atoms with Crippen LogP contribution in [0.2, 0.25) is 0 Å². The summed E-state index contributed by atoms with van der Waals surface area (Å²) >= 11 is 0. The number of nitriles is 1. The third-order valence-corrected chi connectivity index (χ3v) is 8.12. The molecule has 1 aliphatic carbocycles. The Morgan fingerprint density at radius 1 is 1.31 bits per heavy atom. The van der Waals surface area contributed by atoms with Gasteiger partial charge in [-0.05, 0) is 38.2 Å². The molecule has 0 unspecified atom stereocenters. The number of fused-ring (bicyclic) bond motifs is 1. The van der Waals surface area contributed by atoms with Gasteiger partial charge in [-0.3, -0.25) is 14.3 Å². The Labute approximate surface area is 237 Å². The van der Waals surface area contributed by atoms with Crippen LogP contribution in [0.1, 0.15) is 72.5 Å². The molecular weight excluding hydrogens is 563 g/mol. The van der Waals surface area contributed by atoms with Crippen molar-refractivity contribution in [3.05, 3.63) is 47.2 Å². The van der Waals surface area contributed by atoms with Crippen molar-refractivity contribution in [3.8, 4) is 6.07 Å². The van der Waals surface area contributed by atoms with Crippen LogP contribution in [0.25, 0.3) is 5.65 Å². The van der Waals surface area contributed by atoms with Gasteiger partial charge in [-0.1, -0.05) is 0 Å². The van der Waals surface area contributed by atoms with Gasteiger partial charge in [0.1, 0.15) is 11.8 Å². The Morgan fingerprint density at radius 3 is 2.71 bits per heavy atom. The number of halogens is 5. The highest BCUT2D eigenvalue weighted by Gasteiger charge is 2.45. The van der Waals surface area contributed by atoms with Gasteiger partial charge in [0.2, 0.25) is 11.8 Å². The van der Waals surface area contributed by atoms with Crippen LogP contribution in [0.4, 0.5) is 22.0 Å². The molecule has 2 aliphatic rings. The summed E-state index contributed by atoms with van der Waals surface area (Å²) in [5.74, 6) is -6.90. The molecule has 0 bridgehead atoms. The molecule has 3 atom stereocenters. The monoisotopic (exact) mass is 592 g/mol.